The fourth-order valence-electron chi connectivity index (χ4n) is 3.72. The van der Waals surface area contributed by atoms with Gasteiger partial charge in [0.05, 0.1) is 6.42 Å². The Morgan fingerprint density at radius 1 is 0.727 bits per heavy atom. The number of hydrogen-bond acceptors (Lipinski definition) is 4. The number of fused-ring (bicyclic) bond motifs is 2. The van der Waals surface area contributed by atoms with Crippen molar-refractivity contribution < 1.29 is 8.83 Å². The SMILES string of the molecule is CC(C)N=C(N)c1cccc2oc(Cc3cc4c(C(N)=NC(C)C)cccc4o3)cc12.Cl.Cl. The van der Waals surface area contributed by atoms with Gasteiger partial charge in [-0.05, 0) is 52.0 Å². The molecule has 0 fully saturated rings. The minimum atomic E-state index is 0. The van der Waals surface area contributed by atoms with E-state index in [2.05, 4.69) is 9.98 Å². The highest BCUT2D eigenvalue weighted by Crippen LogP contribution is 2.28. The molecule has 4 rings (SSSR count). The maximum Gasteiger partial charge on any atom is 0.135 e. The van der Waals surface area contributed by atoms with Gasteiger partial charge in [-0.15, -0.1) is 24.8 Å². The molecule has 4 aromatic rings. The van der Waals surface area contributed by atoms with Gasteiger partial charge in [-0.2, -0.15) is 0 Å². The Morgan fingerprint density at radius 2 is 1.12 bits per heavy atom. The van der Waals surface area contributed by atoms with Crippen molar-refractivity contribution >= 4 is 58.4 Å². The monoisotopic (exact) mass is 488 g/mol. The summed E-state index contributed by atoms with van der Waals surface area (Å²) in [6, 6.07) is 15.9. The quantitative estimate of drug-likeness (QED) is 0.262. The Kier molecular flexibility index (Phi) is 8.58. The van der Waals surface area contributed by atoms with Crippen LogP contribution in [-0.4, -0.2) is 23.8 Å². The molecule has 2 aromatic carbocycles. The summed E-state index contributed by atoms with van der Waals surface area (Å²) in [6.45, 7) is 8.01. The van der Waals surface area contributed by atoms with Crippen molar-refractivity contribution in [1.29, 1.82) is 0 Å². The van der Waals surface area contributed by atoms with E-state index in [1.54, 1.807) is 0 Å². The van der Waals surface area contributed by atoms with Gasteiger partial charge in [-0.1, -0.05) is 24.3 Å². The van der Waals surface area contributed by atoms with Crippen LogP contribution < -0.4 is 11.5 Å². The molecule has 0 aliphatic carbocycles. The van der Waals surface area contributed by atoms with Gasteiger partial charge in [-0.25, -0.2) is 0 Å². The zero-order valence-corrected chi connectivity index (χ0v) is 20.8. The number of benzene rings is 2. The van der Waals surface area contributed by atoms with Crippen molar-refractivity contribution in [3.05, 3.63) is 71.2 Å². The van der Waals surface area contributed by atoms with Gasteiger partial charge >= 0.3 is 0 Å². The number of hydrogen-bond donors (Lipinski definition) is 2. The highest BCUT2D eigenvalue weighted by atomic mass is 35.5. The average molecular weight is 489 g/mol. The molecule has 0 aliphatic rings. The Morgan fingerprint density at radius 3 is 1.48 bits per heavy atom. The fraction of sp³-hybridized carbons (Fsp3) is 0.280. The highest BCUT2D eigenvalue weighted by Gasteiger charge is 2.15. The van der Waals surface area contributed by atoms with E-state index in [4.69, 9.17) is 20.3 Å². The number of furan rings is 2. The second kappa shape index (κ2) is 10.8. The van der Waals surface area contributed by atoms with Gasteiger partial charge < -0.3 is 20.3 Å². The zero-order valence-electron chi connectivity index (χ0n) is 19.2. The molecule has 0 aliphatic heterocycles. The molecule has 4 N–H and O–H groups in total. The predicted octanol–water partition coefficient (Wildman–Crippen LogP) is 5.84. The van der Waals surface area contributed by atoms with Crippen LogP contribution in [0.1, 0.15) is 50.3 Å². The van der Waals surface area contributed by atoms with E-state index in [1.165, 1.54) is 0 Å². The van der Waals surface area contributed by atoms with Gasteiger partial charge in [0, 0.05) is 34.0 Å². The molecule has 33 heavy (non-hydrogen) atoms. The molecule has 0 saturated heterocycles. The van der Waals surface area contributed by atoms with Crippen LogP contribution in [0.25, 0.3) is 21.9 Å². The minimum Gasteiger partial charge on any atom is -0.461 e. The summed E-state index contributed by atoms with van der Waals surface area (Å²) in [4.78, 5) is 8.96. The molecular formula is C25H30Cl2N4O2. The summed E-state index contributed by atoms with van der Waals surface area (Å²) in [6.07, 6.45) is 0.519. The second-order valence-corrected chi connectivity index (χ2v) is 8.25. The maximum absolute atomic E-state index is 6.22. The number of amidine groups is 2. The molecule has 0 unspecified atom stereocenters. The van der Waals surface area contributed by atoms with Gasteiger partial charge in [0.1, 0.15) is 34.4 Å². The molecule has 176 valence electrons. The largest absolute Gasteiger partial charge is 0.461 e. The summed E-state index contributed by atoms with van der Waals surface area (Å²) in [5, 5.41) is 1.90. The first kappa shape index (κ1) is 26.3. The van der Waals surface area contributed by atoms with E-state index in [-0.39, 0.29) is 36.9 Å². The topological polar surface area (TPSA) is 103 Å². The fourth-order valence-corrected chi connectivity index (χ4v) is 3.72. The van der Waals surface area contributed by atoms with Crippen molar-refractivity contribution in [2.45, 2.75) is 46.2 Å². The maximum atomic E-state index is 6.22. The van der Waals surface area contributed by atoms with Crippen LogP contribution in [0.3, 0.4) is 0 Å². The van der Waals surface area contributed by atoms with Gasteiger partial charge in [0.15, 0.2) is 0 Å². The molecule has 2 aromatic heterocycles. The Balaban J connectivity index is 0.00000193. The average Bonchev–Trinajstić information content (AvgIpc) is 3.29. The van der Waals surface area contributed by atoms with Crippen LogP contribution in [0, 0.1) is 0 Å². The van der Waals surface area contributed by atoms with Crippen LogP contribution in [0.15, 0.2) is 67.4 Å². The predicted molar refractivity (Wildman–Crippen MR) is 141 cm³/mol. The van der Waals surface area contributed by atoms with Crippen LogP contribution >= 0.6 is 24.8 Å². The number of aliphatic imine (C=N–C) groups is 2. The first-order valence-corrected chi connectivity index (χ1v) is 10.5. The summed E-state index contributed by atoms with van der Waals surface area (Å²) in [5.41, 5.74) is 15.8. The van der Waals surface area contributed by atoms with E-state index in [0.29, 0.717) is 18.1 Å². The normalized spacial score (nSPS) is 12.4. The molecule has 2 heterocycles. The molecule has 0 atom stereocenters. The van der Waals surface area contributed by atoms with Crippen molar-refractivity contribution in [1.82, 2.24) is 0 Å². The third-order valence-electron chi connectivity index (χ3n) is 4.92. The molecular weight excluding hydrogens is 459 g/mol. The molecule has 0 bridgehead atoms. The standard InChI is InChI=1S/C25H28N4O2.2ClH/c1-14(2)28-24(26)18-7-5-9-22-20(18)12-16(30-22)11-17-13-21-19(25(27)29-15(3)4)8-6-10-23(21)31-17;;/h5-10,12-15H,11H2,1-4H3,(H2,26,28)(H2,27,29);2*1H. The van der Waals surface area contributed by atoms with Gasteiger partial charge in [-0.3, -0.25) is 9.98 Å². The summed E-state index contributed by atoms with van der Waals surface area (Å²) in [5.74, 6) is 2.62. The smallest absolute Gasteiger partial charge is 0.135 e. The van der Waals surface area contributed by atoms with Crippen LogP contribution in [0.4, 0.5) is 0 Å². The molecule has 0 saturated carbocycles. The summed E-state index contributed by atoms with van der Waals surface area (Å²) >= 11 is 0. The number of rotatable bonds is 6. The van der Waals surface area contributed by atoms with Crippen LogP contribution in [0.5, 0.6) is 0 Å². The molecule has 6 nitrogen and oxygen atoms in total. The lowest BCUT2D eigenvalue weighted by Crippen LogP contribution is -2.15. The van der Waals surface area contributed by atoms with Gasteiger partial charge in [0.25, 0.3) is 0 Å². The van der Waals surface area contributed by atoms with E-state index in [9.17, 15) is 0 Å². The molecule has 0 spiro atoms. The first-order valence-electron chi connectivity index (χ1n) is 10.5. The van der Waals surface area contributed by atoms with Crippen molar-refractivity contribution in [3.8, 4) is 0 Å². The van der Waals surface area contributed by atoms with E-state index in [1.807, 2.05) is 76.2 Å². The molecule has 0 amide bonds. The third kappa shape index (κ3) is 5.70. The molecule has 8 heteroatoms. The number of halogens is 2. The Bertz CT molecular complexity index is 1200. The number of nitrogens with zero attached hydrogens (tertiary/aromatic N) is 2. The number of nitrogens with two attached hydrogens (primary N) is 2. The van der Waals surface area contributed by atoms with E-state index in [0.717, 1.165) is 44.6 Å². The lowest BCUT2D eigenvalue weighted by Gasteiger charge is -2.04. The summed E-state index contributed by atoms with van der Waals surface area (Å²) in [7, 11) is 0. The third-order valence-corrected chi connectivity index (χ3v) is 4.92. The second-order valence-electron chi connectivity index (χ2n) is 8.25. The minimum absolute atomic E-state index is 0. The lowest BCUT2D eigenvalue weighted by molar-refractivity contribution is 0.512. The van der Waals surface area contributed by atoms with Crippen molar-refractivity contribution in [2.75, 3.05) is 0 Å². The Hall–Kier alpha value is -2.96. The van der Waals surface area contributed by atoms with Crippen molar-refractivity contribution in [3.63, 3.8) is 0 Å². The summed E-state index contributed by atoms with van der Waals surface area (Å²) < 4.78 is 12.2. The molecule has 0 radical (unpaired) electrons. The van der Waals surface area contributed by atoms with Crippen LogP contribution in [-0.2, 0) is 6.42 Å². The van der Waals surface area contributed by atoms with Crippen molar-refractivity contribution in [2.24, 2.45) is 21.5 Å². The highest BCUT2D eigenvalue weighted by molar-refractivity contribution is 6.09. The van der Waals surface area contributed by atoms with E-state index >= 15 is 0 Å². The van der Waals surface area contributed by atoms with E-state index < -0.39 is 0 Å². The van der Waals surface area contributed by atoms with Crippen LogP contribution in [0.2, 0.25) is 0 Å². The Labute approximate surface area is 206 Å². The lowest BCUT2D eigenvalue weighted by atomic mass is 10.1. The van der Waals surface area contributed by atoms with Gasteiger partial charge in [0.2, 0.25) is 0 Å². The zero-order chi connectivity index (χ0) is 22.1. The first-order chi connectivity index (χ1) is 14.8.